The number of hydrogen-bond acceptors (Lipinski definition) is 7. The van der Waals surface area contributed by atoms with E-state index < -0.39 is 17.6 Å². The van der Waals surface area contributed by atoms with Crippen LogP contribution in [0.5, 0.6) is 23.0 Å². The lowest BCUT2D eigenvalue weighted by atomic mass is 10.0. The zero-order valence-corrected chi connectivity index (χ0v) is 22.5. The van der Waals surface area contributed by atoms with Crippen LogP contribution in [0.15, 0.2) is 54.7 Å². The maximum Gasteiger partial charge on any atom is 0.416 e. The number of alkyl halides is 3. The maximum atomic E-state index is 15.0. The Morgan fingerprint density at radius 1 is 0.925 bits per heavy atom. The number of Topliss-reactive ketones (excluding diaryl/α,β-unsaturated/α-hetero) is 1. The van der Waals surface area contributed by atoms with Gasteiger partial charge in [0.25, 0.3) is 0 Å². The summed E-state index contributed by atoms with van der Waals surface area (Å²) in [6.45, 7) is 0. The number of carbonyl (C=O) groups excluding carboxylic acids is 1. The van der Waals surface area contributed by atoms with Crippen molar-refractivity contribution in [3.8, 4) is 23.0 Å². The van der Waals surface area contributed by atoms with Gasteiger partial charge in [-0.1, -0.05) is 11.6 Å². The van der Waals surface area contributed by atoms with Crippen LogP contribution in [-0.2, 0) is 23.8 Å². The van der Waals surface area contributed by atoms with Crippen molar-refractivity contribution >= 4 is 49.8 Å². The molecule has 0 fully saturated rings. The van der Waals surface area contributed by atoms with Gasteiger partial charge in [-0.15, -0.1) is 11.3 Å². The Bertz CT molecular complexity index is 1760. The average molecular weight is 591 g/mol. The van der Waals surface area contributed by atoms with E-state index in [4.69, 9.17) is 25.8 Å². The summed E-state index contributed by atoms with van der Waals surface area (Å²) in [7, 11) is 3.00. The maximum absolute atomic E-state index is 15.0. The van der Waals surface area contributed by atoms with Crippen molar-refractivity contribution in [2.45, 2.75) is 19.0 Å². The molecule has 3 aromatic carbocycles. The van der Waals surface area contributed by atoms with Gasteiger partial charge < -0.3 is 14.2 Å². The van der Waals surface area contributed by atoms with Gasteiger partial charge >= 0.3 is 6.18 Å². The fourth-order valence-electron chi connectivity index (χ4n) is 4.12. The summed E-state index contributed by atoms with van der Waals surface area (Å²) in [5, 5.41) is 1.02. The van der Waals surface area contributed by atoms with Crippen LogP contribution >= 0.6 is 22.9 Å². The number of methoxy groups -OCH3 is 2. The molecular weight excluding hydrogens is 572 g/mol. The second-order valence-corrected chi connectivity index (χ2v) is 10.2. The first-order valence-corrected chi connectivity index (χ1v) is 12.9. The Balaban J connectivity index is 1.38. The third-order valence-corrected chi connectivity index (χ3v) is 7.41. The highest BCUT2D eigenvalue weighted by Gasteiger charge is 2.31. The molecule has 0 bridgehead atoms. The van der Waals surface area contributed by atoms with E-state index in [1.165, 1.54) is 32.5 Å². The van der Waals surface area contributed by atoms with Crippen LogP contribution < -0.4 is 14.2 Å². The molecule has 0 saturated heterocycles. The zero-order chi connectivity index (χ0) is 28.6. The molecule has 0 amide bonds. The molecule has 40 heavy (non-hydrogen) atoms. The Hall–Kier alpha value is -3.96. The van der Waals surface area contributed by atoms with E-state index in [2.05, 4.69) is 9.97 Å². The van der Waals surface area contributed by atoms with E-state index in [1.54, 1.807) is 18.2 Å². The number of aromatic nitrogens is 2. The number of thiazole rings is 1. The summed E-state index contributed by atoms with van der Waals surface area (Å²) in [6, 6.07) is 10.5. The van der Waals surface area contributed by atoms with Crippen LogP contribution in [-0.4, -0.2) is 30.0 Å². The van der Waals surface area contributed by atoms with Gasteiger partial charge in [-0.3, -0.25) is 9.78 Å². The first kappa shape index (κ1) is 27.6. The Morgan fingerprint density at radius 3 is 2.40 bits per heavy atom. The molecule has 0 saturated carbocycles. The summed E-state index contributed by atoms with van der Waals surface area (Å²) in [5.74, 6) is 0.150. The fourth-order valence-corrected chi connectivity index (χ4v) is 5.31. The van der Waals surface area contributed by atoms with Crippen molar-refractivity contribution in [1.82, 2.24) is 9.97 Å². The van der Waals surface area contributed by atoms with Gasteiger partial charge in [0.1, 0.15) is 16.5 Å². The summed E-state index contributed by atoms with van der Waals surface area (Å²) < 4.78 is 71.3. The molecular formula is C28H19ClF4N2O4S. The smallest absolute Gasteiger partial charge is 0.416 e. The molecule has 2 aromatic heterocycles. The second kappa shape index (κ2) is 10.9. The van der Waals surface area contributed by atoms with E-state index in [9.17, 15) is 18.0 Å². The van der Waals surface area contributed by atoms with Crippen molar-refractivity contribution in [2.24, 2.45) is 0 Å². The molecule has 0 aliphatic carbocycles. The van der Waals surface area contributed by atoms with Gasteiger partial charge in [-0.2, -0.15) is 13.2 Å². The van der Waals surface area contributed by atoms with Crippen LogP contribution in [0.2, 0.25) is 5.02 Å². The van der Waals surface area contributed by atoms with E-state index in [0.29, 0.717) is 43.4 Å². The Morgan fingerprint density at radius 2 is 1.68 bits per heavy atom. The van der Waals surface area contributed by atoms with Gasteiger partial charge in [0.15, 0.2) is 23.1 Å². The quantitative estimate of drug-likeness (QED) is 0.172. The highest BCUT2D eigenvalue weighted by Crippen LogP contribution is 2.39. The predicted molar refractivity (Wildman–Crippen MR) is 143 cm³/mol. The lowest BCUT2D eigenvalue weighted by molar-refractivity contribution is -0.137. The number of ketones is 1. The molecule has 12 heteroatoms. The highest BCUT2D eigenvalue weighted by molar-refractivity contribution is 7.18. The molecule has 0 radical (unpaired) electrons. The van der Waals surface area contributed by atoms with Crippen molar-refractivity contribution in [1.29, 1.82) is 0 Å². The lowest BCUT2D eigenvalue weighted by Crippen LogP contribution is -2.10. The summed E-state index contributed by atoms with van der Waals surface area (Å²) in [4.78, 5) is 21.3. The summed E-state index contributed by atoms with van der Waals surface area (Å²) >= 11 is 7.18. The number of benzene rings is 3. The van der Waals surface area contributed by atoms with Crippen LogP contribution in [0.25, 0.3) is 21.1 Å². The minimum atomic E-state index is -4.55. The largest absolute Gasteiger partial charge is 0.493 e. The number of hydrogen-bond donors (Lipinski definition) is 0. The van der Waals surface area contributed by atoms with Crippen LogP contribution in [0.3, 0.4) is 0 Å². The van der Waals surface area contributed by atoms with E-state index >= 15 is 4.39 Å². The first-order valence-electron chi connectivity index (χ1n) is 11.7. The monoisotopic (exact) mass is 590 g/mol. The minimum absolute atomic E-state index is 0.0629. The average Bonchev–Trinajstić information content (AvgIpc) is 3.29. The molecule has 5 aromatic rings. The molecule has 206 valence electrons. The van der Waals surface area contributed by atoms with Gasteiger partial charge in [-0.05, 0) is 35.9 Å². The van der Waals surface area contributed by atoms with Crippen molar-refractivity contribution in [3.05, 3.63) is 81.7 Å². The van der Waals surface area contributed by atoms with Gasteiger partial charge in [-0.25, -0.2) is 9.37 Å². The summed E-state index contributed by atoms with van der Waals surface area (Å²) in [6.07, 6.45) is -3.49. The van der Waals surface area contributed by atoms with Gasteiger partial charge in [0.05, 0.1) is 41.9 Å². The number of ether oxygens (including phenoxy) is 3. The van der Waals surface area contributed by atoms with E-state index in [0.717, 1.165) is 29.5 Å². The molecule has 2 heterocycles. The standard InChI is InChI=1S/C28H19ClF4N2O4S/c1-37-24-10-17-20(12-25(24)38-2)34-6-5-22(17)39-23-13-26-21(11-19(23)30)35-27(40-26)9-16(36)8-14-7-15(28(31,32)33)3-4-18(14)29/h3-7,10-13H,8-9H2,1-2H3. The number of halogens is 5. The third kappa shape index (κ3) is 5.66. The summed E-state index contributed by atoms with van der Waals surface area (Å²) in [5.41, 5.74) is 0.0576. The Labute approximate surface area is 234 Å². The third-order valence-electron chi connectivity index (χ3n) is 6.02. The zero-order valence-electron chi connectivity index (χ0n) is 20.9. The number of rotatable bonds is 8. The highest BCUT2D eigenvalue weighted by atomic mass is 35.5. The molecule has 0 N–H and O–H groups in total. The SMILES string of the molecule is COc1cc2nccc(Oc3cc4sc(CC(=O)Cc5cc(C(F)(F)F)ccc5Cl)nc4cc3F)c2cc1OC. The number of carbonyl (C=O) groups is 1. The molecule has 5 rings (SSSR count). The first-order chi connectivity index (χ1) is 19.0. The van der Waals surface area contributed by atoms with Crippen LogP contribution in [0.1, 0.15) is 16.1 Å². The van der Waals surface area contributed by atoms with Crippen LogP contribution in [0, 0.1) is 5.82 Å². The normalized spacial score (nSPS) is 11.7. The van der Waals surface area contributed by atoms with Crippen molar-refractivity contribution in [2.75, 3.05) is 14.2 Å². The van der Waals surface area contributed by atoms with Crippen molar-refractivity contribution in [3.63, 3.8) is 0 Å². The molecule has 0 spiro atoms. The molecule has 0 aliphatic rings. The molecule has 0 unspecified atom stereocenters. The minimum Gasteiger partial charge on any atom is -0.493 e. The Kier molecular flexibility index (Phi) is 7.52. The van der Waals surface area contributed by atoms with Gasteiger partial charge in [0.2, 0.25) is 0 Å². The molecule has 0 aliphatic heterocycles. The lowest BCUT2D eigenvalue weighted by Gasteiger charge is -2.12. The van der Waals surface area contributed by atoms with Gasteiger partial charge in [0, 0.05) is 41.2 Å². The number of pyridine rings is 1. The number of fused-ring (bicyclic) bond motifs is 2. The van der Waals surface area contributed by atoms with E-state index in [-0.39, 0.29) is 35.0 Å². The van der Waals surface area contributed by atoms with Crippen LogP contribution in [0.4, 0.5) is 17.6 Å². The van der Waals surface area contributed by atoms with E-state index in [1.807, 2.05) is 0 Å². The topological polar surface area (TPSA) is 70.5 Å². The predicted octanol–water partition coefficient (Wildman–Crippen LogP) is 7.82. The second-order valence-electron chi connectivity index (χ2n) is 8.69. The fraction of sp³-hybridized carbons (Fsp3) is 0.179. The molecule has 6 nitrogen and oxygen atoms in total. The molecule has 0 atom stereocenters. The number of nitrogens with zero attached hydrogens (tertiary/aromatic N) is 2. The van der Waals surface area contributed by atoms with Crippen molar-refractivity contribution < 1.29 is 36.6 Å².